The van der Waals surface area contributed by atoms with Crippen LogP contribution in [0.2, 0.25) is 5.02 Å². The minimum atomic E-state index is 0.141. The van der Waals surface area contributed by atoms with E-state index in [9.17, 15) is 4.79 Å². The fourth-order valence-electron chi connectivity index (χ4n) is 2.73. The maximum Gasteiger partial charge on any atom is 0.241 e. The van der Waals surface area contributed by atoms with Crippen molar-refractivity contribution in [1.29, 1.82) is 0 Å². The first-order chi connectivity index (χ1) is 10.0. The Labute approximate surface area is 132 Å². The first-order valence-electron chi connectivity index (χ1n) is 7.52. The summed E-state index contributed by atoms with van der Waals surface area (Å²) < 4.78 is 0. The number of aryl methyl sites for hydroxylation is 2. The van der Waals surface area contributed by atoms with E-state index in [1.54, 1.807) is 0 Å². The van der Waals surface area contributed by atoms with Crippen molar-refractivity contribution in [2.75, 3.05) is 44.6 Å². The van der Waals surface area contributed by atoms with Crippen molar-refractivity contribution >= 4 is 23.2 Å². The van der Waals surface area contributed by atoms with Gasteiger partial charge in [-0.1, -0.05) is 24.6 Å². The average Bonchev–Trinajstić information content (AvgIpc) is 2.46. The molecule has 1 aliphatic rings. The predicted molar refractivity (Wildman–Crippen MR) is 88.1 cm³/mol. The molecule has 116 valence electrons. The Hall–Kier alpha value is -1.26. The highest BCUT2D eigenvalue weighted by Crippen LogP contribution is 2.27. The van der Waals surface area contributed by atoms with Crippen LogP contribution in [-0.2, 0) is 4.79 Å². The summed E-state index contributed by atoms with van der Waals surface area (Å²) in [4.78, 5) is 16.5. The molecular formula is C16H24ClN3O. The molecule has 1 aliphatic heterocycles. The van der Waals surface area contributed by atoms with Gasteiger partial charge < -0.3 is 15.1 Å². The third-order valence-corrected chi connectivity index (χ3v) is 4.32. The molecule has 0 saturated carbocycles. The molecule has 2 rings (SSSR count). The van der Waals surface area contributed by atoms with Crippen LogP contribution in [0.1, 0.15) is 18.1 Å². The maximum absolute atomic E-state index is 12.3. The summed E-state index contributed by atoms with van der Waals surface area (Å²) in [6, 6.07) is 3.99. The minimum absolute atomic E-state index is 0.141. The summed E-state index contributed by atoms with van der Waals surface area (Å²) in [5, 5.41) is 3.87. The summed E-state index contributed by atoms with van der Waals surface area (Å²) in [6.07, 6.45) is 0. The van der Waals surface area contributed by atoms with E-state index < -0.39 is 0 Å². The number of likely N-dealkylation sites (N-methyl/N-ethyl adjacent to an activating group) is 1. The lowest BCUT2D eigenvalue weighted by atomic mass is 10.1. The molecule has 0 atom stereocenters. The molecule has 1 fully saturated rings. The van der Waals surface area contributed by atoms with Crippen LogP contribution in [-0.4, -0.2) is 55.0 Å². The van der Waals surface area contributed by atoms with Crippen molar-refractivity contribution in [3.8, 4) is 0 Å². The lowest BCUT2D eigenvalue weighted by Crippen LogP contribution is -2.49. The van der Waals surface area contributed by atoms with Gasteiger partial charge in [0.05, 0.1) is 17.3 Å². The molecule has 1 heterocycles. The van der Waals surface area contributed by atoms with E-state index in [0.717, 1.165) is 49.5 Å². The van der Waals surface area contributed by atoms with Crippen LogP contribution >= 0.6 is 11.6 Å². The second-order valence-electron chi connectivity index (χ2n) is 5.61. The number of anilines is 1. The molecule has 1 saturated heterocycles. The van der Waals surface area contributed by atoms with E-state index in [4.69, 9.17) is 11.6 Å². The summed E-state index contributed by atoms with van der Waals surface area (Å²) in [6.45, 7) is 11.1. The van der Waals surface area contributed by atoms with Gasteiger partial charge in [0.2, 0.25) is 5.91 Å². The van der Waals surface area contributed by atoms with Gasteiger partial charge in [-0.3, -0.25) is 4.79 Å². The molecule has 0 radical (unpaired) electrons. The third kappa shape index (κ3) is 4.11. The highest BCUT2D eigenvalue weighted by Gasteiger charge is 2.20. The Morgan fingerprint density at radius 2 is 1.90 bits per heavy atom. The average molecular weight is 310 g/mol. The molecule has 0 spiro atoms. The zero-order valence-corrected chi connectivity index (χ0v) is 13.8. The molecule has 0 aliphatic carbocycles. The number of carbonyl (C=O) groups is 1. The van der Waals surface area contributed by atoms with Crippen LogP contribution in [0.4, 0.5) is 5.69 Å². The lowest BCUT2D eigenvalue weighted by molar-refractivity contribution is -0.131. The van der Waals surface area contributed by atoms with Crippen molar-refractivity contribution in [3.05, 3.63) is 28.3 Å². The Balaban J connectivity index is 1.90. The van der Waals surface area contributed by atoms with Crippen molar-refractivity contribution < 1.29 is 4.79 Å². The van der Waals surface area contributed by atoms with Gasteiger partial charge in [-0.2, -0.15) is 0 Å². The van der Waals surface area contributed by atoms with E-state index in [-0.39, 0.29) is 5.91 Å². The van der Waals surface area contributed by atoms with Gasteiger partial charge in [0, 0.05) is 26.2 Å². The van der Waals surface area contributed by atoms with Crippen LogP contribution in [0.3, 0.4) is 0 Å². The predicted octanol–water partition coefficient (Wildman–Crippen LogP) is 2.53. The Morgan fingerprint density at radius 1 is 1.24 bits per heavy atom. The van der Waals surface area contributed by atoms with Gasteiger partial charge in [-0.05, 0) is 37.6 Å². The Bertz CT molecular complexity index is 487. The number of halogens is 1. The van der Waals surface area contributed by atoms with E-state index in [1.807, 2.05) is 24.8 Å². The van der Waals surface area contributed by atoms with Gasteiger partial charge >= 0.3 is 0 Å². The quantitative estimate of drug-likeness (QED) is 0.928. The van der Waals surface area contributed by atoms with Gasteiger partial charge in [-0.15, -0.1) is 0 Å². The van der Waals surface area contributed by atoms with Gasteiger partial charge in [0.25, 0.3) is 0 Å². The SMILES string of the molecule is CCN1CCN(C(=O)CNc2c(C)cc(C)cc2Cl)CC1. The molecule has 21 heavy (non-hydrogen) atoms. The number of hydrogen-bond acceptors (Lipinski definition) is 3. The molecule has 1 N–H and O–H groups in total. The summed E-state index contributed by atoms with van der Waals surface area (Å²) in [5.41, 5.74) is 3.07. The van der Waals surface area contributed by atoms with Crippen molar-refractivity contribution in [3.63, 3.8) is 0 Å². The second-order valence-corrected chi connectivity index (χ2v) is 6.01. The molecule has 5 heteroatoms. The number of nitrogens with one attached hydrogen (secondary N) is 1. The van der Waals surface area contributed by atoms with Gasteiger partial charge in [0.15, 0.2) is 0 Å². The molecule has 0 unspecified atom stereocenters. The molecular weight excluding hydrogens is 286 g/mol. The van der Waals surface area contributed by atoms with Crippen molar-refractivity contribution in [2.45, 2.75) is 20.8 Å². The third-order valence-electron chi connectivity index (χ3n) is 4.02. The van der Waals surface area contributed by atoms with E-state index in [0.29, 0.717) is 11.6 Å². The summed E-state index contributed by atoms with van der Waals surface area (Å²) in [5.74, 6) is 0.141. The van der Waals surface area contributed by atoms with Crippen LogP contribution in [0.5, 0.6) is 0 Å². The van der Waals surface area contributed by atoms with E-state index >= 15 is 0 Å². The minimum Gasteiger partial charge on any atom is -0.375 e. The number of carbonyl (C=O) groups excluding carboxylic acids is 1. The normalized spacial score (nSPS) is 16.1. The zero-order chi connectivity index (χ0) is 15.4. The largest absolute Gasteiger partial charge is 0.375 e. The summed E-state index contributed by atoms with van der Waals surface area (Å²) in [7, 11) is 0. The van der Waals surface area contributed by atoms with Crippen LogP contribution in [0.25, 0.3) is 0 Å². The van der Waals surface area contributed by atoms with Crippen molar-refractivity contribution in [2.24, 2.45) is 0 Å². The van der Waals surface area contributed by atoms with Gasteiger partial charge in [0.1, 0.15) is 0 Å². The topological polar surface area (TPSA) is 35.6 Å². The van der Waals surface area contributed by atoms with Crippen molar-refractivity contribution in [1.82, 2.24) is 9.80 Å². The summed E-state index contributed by atoms with van der Waals surface area (Å²) >= 11 is 6.25. The van der Waals surface area contributed by atoms with Crippen LogP contribution in [0, 0.1) is 13.8 Å². The number of amides is 1. The molecule has 1 aromatic rings. The smallest absolute Gasteiger partial charge is 0.241 e. The van der Waals surface area contributed by atoms with E-state index in [1.165, 1.54) is 0 Å². The molecule has 0 aromatic heterocycles. The molecule has 1 aromatic carbocycles. The number of benzene rings is 1. The fourth-order valence-corrected chi connectivity index (χ4v) is 3.12. The fraction of sp³-hybridized carbons (Fsp3) is 0.562. The first kappa shape index (κ1) is 16.1. The lowest BCUT2D eigenvalue weighted by Gasteiger charge is -2.34. The molecule has 0 bridgehead atoms. The Kier molecular flexibility index (Phi) is 5.48. The highest BCUT2D eigenvalue weighted by atomic mass is 35.5. The first-order valence-corrected chi connectivity index (χ1v) is 7.89. The maximum atomic E-state index is 12.3. The molecule has 1 amide bonds. The van der Waals surface area contributed by atoms with Crippen LogP contribution < -0.4 is 5.32 Å². The zero-order valence-electron chi connectivity index (χ0n) is 13.1. The number of hydrogen-bond donors (Lipinski definition) is 1. The Morgan fingerprint density at radius 3 is 2.48 bits per heavy atom. The number of piperazine rings is 1. The van der Waals surface area contributed by atoms with E-state index in [2.05, 4.69) is 23.2 Å². The number of rotatable bonds is 4. The monoisotopic (exact) mass is 309 g/mol. The number of nitrogens with zero attached hydrogens (tertiary/aromatic N) is 2. The van der Waals surface area contributed by atoms with Gasteiger partial charge in [-0.25, -0.2) is 0 Å². The second kappa shape index (κ2) is 7.14. The standard InChI is InChI=1S/C16H24ClN3O/c1-4-19-5-7-20(8-6-19)15(21)11-18-16-13(3)9-12(2)10-14(16)17/h9-10,18H,4-8,11H2,1-3H3. The molecule has 4 nitrogen and oxygen atoms in total. The van der Waals surface area contributed by atoms with Crippen LogP contribution in [0.15, 0.2) is 12.1 Å². The highest BCUT2D eigenvalue weighted by molar-refractivity contribution is 6.33.